The first-order valence-corrected chi connectivity index (χ1v) is 23.3. The van der Waals surface area contributed by atoms with Crippen LogP contribution in [0, 0.1) is 0 Å². The summed E-state index contributed by atoms with van der Waals surface area (Å²) in [4.78, 5) is 12.8. The summed E-state index contributed by atoms with van der Waals surface area (Å²) in [7, 11) is 0. The molecule has 0 aliphatic carbocycles. The third-order valence-corrected chi connectivity index (χ3v) is 22.5. The van der Waals surface area contributed by atoms with E-state index in [0.29, 0.717) is 0 Å². The molecule has 0 atom stereocenters. The van der Waals surface area contributed by atoms with Gasteiger partial charge in [0.15, 0.2) is 0 Å². The van der Waals surface area contributed by atoms with Crippen LogP contribution < -0.4 is 0 Å². The first kappa shape index (κ1) is 37.0. The van der Waals surface area contributed by atoms with Crippen LogP contribution in [-0.4, -0.2) is 18.8 Å². The molecule has 0 N–H and O–H groups in total. The van der Waals surface area contributed by atoms with E-state index in [1.807, 2.05) is 0 Å². The van der Waals surface area contributed by atoms with E-state index in [-0.39, 0.29) is 5.97 Å². The summed E-state index contributed by atoms with van der Waals surface area (Å²) in [6, 6.07) is 0. The van der Waals surface area contributed by atoms with E-state index >= 15 is 0 Å². The van der Waals surface area contributed by atoms with Crippen molar-refractivity contribution in [3.8, 4) is 0 Å². The van der Waals surface area contributed by atoms with Gasteiger partial charge in [0, 0.05) is 0 Å². The third kappa shape index (κ3) is 19.7. The van der Waals surface area contributed by atoms with Gasteiger partial charge in [0.2, 0.25) is 0 Å². The number of carbonyl (C=O) groups excluding carboxylic acids is 1. The van der Waals surface area contributed by atoms with Gasteiger partial charge in [-0.1, -0.05) is 0 Å². The van der Waals surface area contributed by atoms with Crippen molar-refractivity contribution in [2.45, 2.75) is 210 Å². The van der Waals surface area contributed by atoms with Gasteiger partial charge in [-0.05, 0) is 0 Å². The molecule has 0 fully saturated rings. The molecule has 0 aromatic carbocycles. The maximum atomic E-state index is 12.8. The molecule has 0 bridgehead atoms. The average Bonchev–Trinajstić information content (AvgIpc) is 2.88. The van der Waals surface area contributed by atoms with Crippen molar-refractivity contribution >= 4 is 18.8 Å². The predicted molar refractivity (Wildman–Crippen MR) is 170 cm³/mol. The summed E-state index contributed by atoms with van der Waals surface area (Å²) in [5.41, 5.74) is 0. The van der Waals surface area contributed by atoms with E-state index in [1.165, 1.54) is 175 Å². The molecule has 0 spiro atoms. The number of unbranched alkanes of at least 4 members (excludes halogenated alkanes) is 20. The van der Waals surface area contributed by atoms with Gasteiger partial charge >= 0.3 is 237 Å². The Hall–Kier alpha value is 0.0284. The second-order valence-corrected chi connectivity index (χ2v) is 24.3. The molecule has 0 unspecified atom stereocenters. The van der Waals surface area contributed by atoms with Crippen LogP contribution in [0.2, 0.25) is 20.8 Å². The Bertz CT molecular complexity index is 429. The van der Waals surface area contributed by atoms with Crippen molar-refractivity contribution in [2.24, 2.45) is 0 Å². The predicted octanol–water partition coefficient (Wildman–Crippen LogP) is 12.9. The van der Waals surface area contributed by atoms with Crippen LogP contribution in [0.15, 0.2) is 0 Å². The number of hydrogen-bond donors (Lipinski definition) is 0. The van der Waals surface area contributed by atoms with Crippen molar-refractivity contribution in [3.05, 3.63) is 0 Å². The Morgan fingerprint density at radius 1 is 0.405 bits per heavy atom. The van der Waals surface area contributed by atoms with Crippen molar-refractivity contribution in [1.29, 1.82) is 0 Å². The molecule has 0 amide bonds. The third-order valence-electron chi connectivity index (χ3n) is 8.70. The van der Waals surface area contributed by atoms with Gasteiger partial charge in [0.25, 0.3) is 0 Å². The number of carbonyl (C=O) groups is 1. The van der Waals surface area contributed by atoms with E-state index < -0.39 is 12.8 Å². The Balaban J connectivity index is 5.57. The molecule has 0 rings (SSSR count). The molecule has 2 nitrogen and oxygen atoms in total. The monoisotopic (exact) mass is 586 g/mol. The van der Waals surface area contributed by atoms with Crippen LogP contribution in [0.3, 0.4) is 0 Å². The average molecular weight is 587 g/mol. The van der Waals surface area contributed by atoms with Crippen molar-refractivity contribution < 1.29 is 8.52 Å². The second kappa shape index (κ2) is 25.0. The van der Waals surface area contributed by atoms with Crippen LogP contribution in [0.1, 0.15) is 189 Å². The van der Waals surface area contributed by atoms with E-state index in [4.69, 9.17) is 3.73 Å². The van der Waals surface area contributed by atoms with Crippen LogP contribution in [0.4, 0.5) is 0 Å². The molecular weight excluding hydrogens is 515 g/mol. The summed E-state index contributed by atoms with van der Waals surface area (Å²) in [5.74, 6) is 0.0416. The molecule has 37 heavy (non-hydrogen) atoms. The van der Waals surface area contributed by atoms with Gasteiger partial charge in [0.05, 0.1) is 0 Å². The molecule has 0 aliphatic rings. The zero-order valence-electron chi connectivity index (χ0n) is 26.6. The molecule has 3 heteroatoms. The quantitative estimate of drug-likeness (QED) is 0.0643. The first-order chi connectivity index (χ1) is 18.0. The number of rotatable bonds is 29. The Labute approximate surface area is 236 Å². The first-order valence-electron chi connectivity index (χ1n) is 17.2. The van der Waals surface area contributed by atoms with Gasteiger partial charge in [0.1, 0.15) is 0 Å². The summed E-state index contributed by atoms with van der Waals surface area (Å²) in [5, 5.41) is 5.07. The van der Waals surface area contributed by atoms with Gasteiger partial charge < -0.3 is 0 Å². The Kier molecular flexibility index (Phi) is 25.0. The topological polar surface area (TPSA) is 26.3 Å². The zero-order chi connectivity index (χ0) is 27.5. The van der Waals surface area contributed by atoms with Crippen molar-refractivity contribution in [2.75, 3.05) is 0 Å². The van der Waals surface area contributed by atoms with Crippen LogP contribution in [0.25, 0.3) is 0 Å². The molecule has 224 valence electrons. The molecule has 0 aromatic heterocycles. The molecule has 0 heterocycles. The van der Waals surface area contributed by atoms with Gasteiger partial charge in [-0.25, -0.2) is 0 Å². The molecular formula is C34H71AsO2. The van der Waals surface area contributed by atoms with Crippen LogP contribution >= 0.6 is 0 Å². The molecule has 0 saturated carbocycles. The minimum atomic E-state index is -3.25. The van der Waals surface area contributed by atoms with Crippen molar-refractivity contribution in [3.63, 3.8) is 0 Å². The summed E-state index contributed by atoms with van der Waals surface area (Å²) < 4.78 is 6.88. The van der Waals surface area contributed by atoms with Crippen molar-refractivity contribution in [1.82, 2.24) is 0 Å². The van der Waals surface area contributed by atoms with E-state index in [0.717, 1.165) is 0 Å². The van der Waals surface area contributed by atoms with Crippen LogP contribution in [0.5, 0.6) is 0 Å². The molecule has 0 radical (unpaired) electrons. The Morgan fingerprint density at radius 3 is 0.838 bits per heavy atom. The summed E-state index contributed by atoms with van der Waals surface area (Å²) in [6.45, 7) is 10.9. The van der Waals surface area contributed by atoms with Gasteiger partial charge in [-0.15, -0.1) is 0 Å². The standard InChI is InChI=1S/C34H71AsO2/c1-6-10-14-18-22-26-30-35(37-34(5)36,31-27-23-19-15-11-7-2,32-28-24-20-16-12-8-3)33-29-25-21-17-13-9-4/h6-33H2,1-5H3. The number of hydrogen-bond acceptors (Lipinski definition) is 2. The molecule has 0 saturated heterocycles. The van der Waals surface area contributed by atoms with E-state index in [1.54, 1.807) is 6.92 Å². The second-order valence-electron chi connectivity index (χ2n) is 12.4. The fourth-order valence-corrected chi connectivity index (χ4v) is 20.1. The van der Waals surface area contributed by atoms with E-state index in [9.17, 15) is 4.79 Å². The SMILES string of the molecule is CCCCCCCC[As](CCCCCCCC)(CCCCCCCC)(CCCCCCCC)OC(C)=O. The van der Waals surface area contributed by atoms with E-state index in [2.05, 4.69) is 27.7 Å². The Morgan fingerprint density at radius 2 is 0.622 bits per heavy atom. The fourth-order valence-electron chi connectivity index (χ4n) is 6.39. The normalized spacial score (nSPS) is 12.9. The van der Waals surface area contributed by atoms with Gasteiger partial charge in [-0.3, -0.25) is 0 Å². The van der Waals surface area contributed by atoms with Crippen LogP contribution in [-0.2, 0) is 8.52 Å². The zero-order valence-corrected chi connectivity index (χ0v) is 28.4. The fraction of sp³-hybridized carbons (Fsp3) is 0.971. The maximum absolute atomic E-state index is 12.8. The summed E-state index contributed by atoms with van der Waals surface area (Å²) >= 11 is -3.25. The molecule has 0 aromatic rings. The minimum absolute atomic E-state index is 0.0416. The summed E-state index contributed by atoms with van der Waals surface area (Å²) in [6.07, 6.45) is 32.2. The van der Waals surface area contributed by atoms with Gasteiger partial charge in [-0.2, -0.15) is 0 Å². The molecule has 0 aliphatic heterocycles.